The third kappa shape index (κ3) is 4.40. The van der Waals surface area contributed by atoms with Crippen LogP contribution in [0, 0.1) is 0 Å². The number of ether oxygens (including phenoxy) is 4. The van der Waals surface area contributed by atoms with Crippen LogP contribution in [0.1, 0.15) is 36.8 Å². The molecule has 3 aliphatic rings. The van der Waals surface area contributed by atoms with Crippen LogP contribution in [0.15, 0.2) is 59.7 Å². The number of aromatic hydroxyl groups is 2. The Morgan fingerprint density at radius 2 is 0.806 bits per heavy atom. The van der Waals surface area contributed by atoms with Crippen LogP contribution >= 0.6 is 0 Å². The molecule has 0 bridgehead atoms. The van der Waals surface area contributed by atoms with Crippen molar-refractivity contribution in [3.05, 3.63) is 70.8 Å². The number of phenolic OH excluding ortho intramolecular Hbond substituents is 2. The summed E-state index contributed by atoms with van der Waals surface area (Å²) >= 11 is 0. The summed E-state index contributed by atoms with van der Waals surface area (Å²) in [5.41, 5.74) is 0.386. The predicted octanol–water partition coefficient (Wildman–Crippen LogP) is 2.73. The van der Waals surface area contributed by atoms with E-state index < -0.39 is 35.5 Å². The number of esters is 4. The number of hydrogen-bond acceptors (Lipinski definition) is 10. The average molecular weight is 492 g/mol. The van der Waals surface area contributed by atoms with Crippen LogP contribution in [0.25, 0.3) is 12.2 Å². The van der Waals surface area contributed by atoms with Gasteiger partial charge in [-0.3, -0.25) is 0 Å². The first-order valence-corrected chi connectivity index (χ1v) is 11.1. The van der Waals surface area contributed by atoms with Gasteiger partial charge in [-0.2, -0.15) is 0 Å². The molecule has 10 nitrogen and oxygen atoms in total. The van der Waals surface area contributed by atoms with Gasteiger partial charge in [0, 0.05) is 25.7 Å². The van der Waals surface area contributed by atoms with E-state index in [0.29, 0.717) is 11.1 Å². The monoisotopic (exact) mass is 492 g/mol. The highest BCUT2D eigenvalue weighted by Gasteiger charge is 2.56. The van der Waals surface area contributed by atoms with Crippen molar-refractivity contribution in [3.8, 4) is 11.5 Å². The van der Waals surface area contributed by atoms with E-state index in [4.69, 9.17) is 18.9 Å². The van der Waals surface area contributed by atoms with Crippen molar-refractivity contribution < 1.29 is 48.3 Å². The standard InChI is InChI=1S/C26H20O10/c27-17-5-1-15(2-6-17)13-19-21(29)33-25(34-22(19)30)9-11-26(12-10-25)35-23(31)20(24(32)36-26)14-16-3-7-18(28)8-4-16/h1-8,13-14,27-28H,9-12H2. The van der Waals surface area contributed by atoms with Crippen molar-refractivity contribution in [3.63, 3.8) is 0 Å². The molecule has 0 unspecified atom stereocenters. The quantitative estimate of drug-likeness (QED) is 0.364. The molecular formula is C26H20O10. The fourth-order valence-electron chi connectivity index (χ4n) is 4.23. The second kappa shape index (κ2) is 8.56. The molecule has 0 atom stereocenters. The van der Waals surface area contributed by atoms with Gasteiger partial charge in [0.2, 0.25) is 0 Å². The fourth-order valence-corrected chi connectivity index (χ4v) is 4.23. The minimum atomic E-state index is -1.56. The summed E-state index contributed by atoms with van der Waals surface area (Å²) in [5.74, 6) is -6.53. The van der Waals surface area contributed by atoms with Crippen LogP contribution < -0.4 is 0 Å². The molecule has 2 aliphatic heterocycles. The highest BCUT2D eigenvalue weighted by molar-refractivity contribution is 6.19. The molecular weight excluding hydrogens is 472 g/mol. The molecule has 184 valence electrons. The zero-order valence-electron chi connectivity index (χ0n) is 18.8. The van der Waals surface area contributed by atoms with Crippen LogP contribution in [0.3, 0.4) is 0 Å². The third-order valence-corrected chi connectivity index (χ3v) is 6.18. The van der Waals surface area contributed by atoms with Crippen molar-refractivity contribution in [2.75, 3.05) is 0 Å². The lowest BCUT2D eigenvalue weighted by Crippen LogP contribution is -2.56. The van der Waals surface area contributed by atoms with E-state index in [9.17, 15) is 29.4 Å². The molecule has 1 aliphatic carbocycles. The molecule has 5 rings (SSSR count). The minimum absolute atomic E-state index is 0.0353. The third-order valence-electron chi connectivity index (χ3n) is 6.18. The van der Waals surface area contributed by atoms with Crippen molar-refractivity contribution in [2.24, 2.45) is 0 Å². The van der Waals surface area contributed by atoms with Crippen LogP contribution in [-0.2, 0) is 38.1 Å². The number of rotatable bonds is 2. The molecule has 2 aromatic carbocycles. The minimum Gasteiger partial charge on any atom is -0.508 e. The van der Waals surface area contributed by atoms with Crippen LogP contribution in [0.5, 0.6) is 11.5 Å². The van der Waals surface area contributed by atoms with Gasteiger partial charge in [-0.15, -0.1) is 0 Å². The second-order valence-electron chi connectivity index (χ2n) is 8.68. The van der Waals surface area contributed by atoms with Crippen LogP contribution in [0.4, 0.5) is 0 Å². The highest BCUT2D eigenvalue weighted by atomic mass is 16.8. The molecule has 2 N–H and O–H groups in total. The van der Waals surface area contributed by atoms with Gasteiger partial charge >= 0.3 is 23.9 Å². The SMILES string of the molecule is O=C1OC2(CCC3(CC2)OC(=O)C(=Cc2ccc(O)cc2)C(=O)O3)OC(=O)C1=Cc1ccc(O)cc1. The molecule has 0 amide bonds. The Morgan fingerprint density at radius 3 is 1.08 bits per heavy atom. The van der Waals surface area contributed by atoms with Crippen LogP contribution in [-0.4, -0.2) is 45.7 Å². The van der Waals surface area contributed by atoms with Crippen molar-refractivity contribution >= 4 is 36.0 Å². The first-order valence-electron chi connectivity index (χ1n) is 11.1. The molecule has 2 saturated heterocycles. The van der Waals surface area contributed by atoms with E-state index in [1.165, 1.54) is 60.7 Å². The zero-order chi connectivity index (χ0) is 25.5. The zero-order valence-corrected chi connectivity index (χ0v) is 18.8. The maximum atomic E-state index is 12.6. The Labute approximate surface area is 204 Å². The van der Waals surface area contributed by atoms with Crippen LogP contribution in [0.2, 0.25) is 0 Å². The maximum absolute atomic E-state index is 12.6. The smallest absolute Gasteiger partial charge is 0.348 e. The predicted molar refractivity (Wildman–Crippen MR) is 120 cm³/mol. The summed E-state index contributed by atoms with van der Waals surface area (Å²) in [6.45, 7) is 0. The van der Waals surface area contributed by atoms with E-state index in [1.54, 1.807) is 0 Å². The van der Waals surface area contributed by atoms with E-state index >= 15 is 0 Å². The average Bonchev–Trinajstić information content (AvgIpc) is 2.84. The number of carbonyl (C=O) groups excluding carboxylic acids is 4. The van der Waals surface area contributed by atoms with Gasteiger partial charge in [-0.25, -0.2) is 19.2 Å². The Morgan fingerprint density at radius 1 is 0.528 bits per heavy atom. The fraction of sp³-hybridized carbons (Fsp3) is 0.231. The van der Waals surface area contributed by atoms with Crippen molar-refractivity contribution in [2.45, 2.75) is 37.3 Å². The molecule has 1 saturated carbocycles. The molecule has 3 fully saturated rings. The number of hydrogen-bond donors (Lipinski definition) is 2. The summed E-state index contributed by atoms with van der Waals surface area (Å²) < 4.78 is 21.9. The molecule has 2 aromatic rings. The normalized spacial score (nSPS) is 25.7. The topological polar surface area (TPSA) is 146 Å². The van der Waals surface area contributed by atoms with Gasteiger partial charge in [-0.1, -0.05) is 24.3 Å². The van der Waals surface area contributed by atoms with Crippen molar-refractivity contribution in [1.29, 1.82) is 0 Å². The Bertz CT molecular complexity index is 1160. The van der Waals surface area contributed by atoms with Gasteiger partial charge in [0.15, 0.2) is 0 Å². The molecule has 0 radical (unpaired) electrons. The summed E-state index contributed by atoms with van der Waals surface area (Å²) in [4.78, 5) is 50.5. The van der Waals surface area contributed by atoms with E-state index in [1.807, 2.05) is 0 Å². The summed E-state index contributed by atoms with van der Waals surface area (Å²) in [6.07, 6.45) is 2.41. The molecule has 36 heavy (non-hydrogen) atoms. The lowest BCUT2D eigenvalue weighted by molar-refractivity contribution is -0.291. The first-order chi connectivity index (χ1) is 17.2. The van der Waals surface area contributed by atoms with Gasteiger partial charge in [0.1, 0.15) is 22.6 Å². The number of carbonyl (C=O) groups is 4. The first kappa shape index (κ1) is 23.2. The molecule has 0 aromatic heterocycles. The Balaban J connectivity index is 1.27. The summed E-state index contributed by atoms with van der Waals surface area (Å²) in [6, 6.07) is 11.7. The van der Waals surface area contributed by atoms with E-state index in [-0.39, 0.29) is 48.3 Å². The van der Waals surface area contributed by atoms with E-state index in [2.05, 4.69) is 0 Å². The van der Waals surface area contributed by atoms with Gasteiger partial charge < -0.3 is 29.2 Å². The highest BCUT2D eigenvalue weighted by Crippen LogP contribution is 2.45. The molecule has 2 spiro atoms. The van der Waals surface area contributed by atoms with Gasteiger partial charge in [0.05, 0.1) is 0 Å². The number of phenols is 2. The molecule has 10 heteroatoms. The van der Waals surface area contributed by atoms with Gasteiger partial charge in [-0.05, 0) is 47.5 Å². The maximum Gasteiger partial charge on any atom is 0.348 e. The molecule has 2 heterocycles. The van der Waals surface area contributed by atoms with Gasteiger partial charge in [0.25, 0.3) is 11.6 Å². The summed E-state index contributed by atoms with van der Waals surface area (Å²) in [5, 5.41) is 18.8. The Hall–Kier alpha value is -4.60. The largest absolute Gasteiger partial charge is 0.508 e. The van der Waals surface area contributed by atoms with E-state index in [0.717, 1.165) is 0 Å². The lowest BCUT2D eigenvalue weighted by atomic mass is 9.87. The number of benzene rings is 2. The van der Waals surface area contributed by atoms with Crippen molar-refractivity contribution in [1.82, 2.24) is 0 Å². The second-order valence-corrected chi connectivity index (χ2v) is 8.68. The summed E-state index contributed by atoms with van der Waals surface area (Å²) in [7, 11) is 0. The lowest BCUT2D eigenvalue weighted by Gasteiger charge is -2.46. The Kier molecular flexibility index (Phi) is 5.51.